The second-order valence-electron chi connectivity index (χ2n) is 3.53. The third-order valence-corrected chi connectivity index (χ3v) is 2.52. The van der Waals surface area contributed by atoms with Crippen LogP contribution in [0.15, 0.2) is 4.52 Å². The lowest BCUT2D eigenvalue weighted by atomic mass is 10.0. The molecule has 15 heavy (non-hydrogen) atoms. The fraction of sp³-hybridized carbons (Fsp3) is 0.667. The molecule has 6 nitrogen and oxygen atoms in total. The molecule has 1 aromatic heterocycles. The number of esters is 1. The Balaban J connectivity index is 1.93. The van der Waals surface area contributed by atoms with E-state index in [4.69, 9.17) is 4.52 Å². The van der Waals surface area contributed by atoms with Gasteiger partial charge in [-0.05, 0) is 6.42 Å². The van der Waals surface area contributed by atoms with Crippen molar-refractivity contribution in [3.63, 3.8) is 0 Å². The average Bonchev–Trinajstić information content (AvgIpc) is 2.58. The minimum Gasteiger partial charge on any atom is -0.468 e. The lowest BCUT2D eigenvalue weighted by Gasteiger charge is -2.37. The number of methoxy groups -OCH3 is 1. The molecule has 2 heterocycles. The van der Waals surface area contributed by atoms with Crippen molar-refractivity contribution < 1.29 is 14.1 Å². The molecule has 0 saturated carbocycles. The summed E-state index contributed by atoms with van der Waals surface area (Å²) in [5.74, 6) is 0.961. The van der Waals surface area contributed by atoms with Crippen molar-refractivity contribution in [2.45, 2.75) is 25.9 Å². The Labute approximate surface area is 87.2 Å². The van der Waals surface area contributed by atoms with E-state index in [9.17, 15) is 4.79 Å². The van der Waals surface area contributed by atoms with Crippen LogP contribution < -0.4 is 0 Å². The maximum absolute atomic E-state index is 11.3. The molecule has 0 aromatic carbocycles. The Morgan fingerprint density at radius 1 is 1.73 bits per heavy atom. The topological polar surface area (TPSA) is 68.5 Å². The summed E-state index contributed by atoms with van der Waals surface area (Å²) < 4.78 is 9.53. The van der Waals surface area contributed by atoms with Crippen molar-refractivity contribution in [2.75, 3.05) is 13.7 Å². The molecule has 0 amide bonds. The first kappa shape index (κ1) is 10.1. The van der Waals surface area contributed by atoms with E-state index in [1.807, 2.05) is 4.90 Å². The van der Waals surface area contributed by atoms with Gasteiger partial charge in [-0.1, -0.05) is 5.16 Å². The number of likely N-dealkylation sites (tertiary alicyclic amines) is 1. The fourth-order valence-corrected chi connectivity index (χ4v) is 1.62. The lowest BCUT2D eigenvalue weighted by molar-refractivity contribution is -0.152. The summed E-state index contributed by atoms with van der Waals surface area (Å²) in [5, 5.41) is 3.78. The van der Waals surface area contributed by atoms with Gasteiger partial charge in [0.05, 0.1) is 13.7 Å². The standard InChI is InChI=1S/C9H13N3O3/c1-6-10-8(11-15-6)5-12-4-3-7(12)9(13)14-2/h7H,3-5H2,1-2H3. The van der Waals surface area contributed by atoms with Crippen molar-refractivity contribution in [3.05, 3.63) is 11.7 Å². The molecule has 0 N–H and O–H groups in total. The molecule has 1 saturated heterocycles. The van der Waals surface area contributed by atoms with E-state index in [1.165, 1.54) is 7.11 Å². The summed E-state index contributed by atoms with van der Waals surface area (Å²) in [4.78, 5) is 17.3. The van der Waals surface area contributed by atoms with Crippen molar-refractivity contribution in [1.82, 2.24) is 15.0 Å². The van der Waals surface area contributed by atoms with Crippen LogP contribution in [-0.2, 0) is 16.1 Å². The van der Waals surface area contributed by atoms with E-state index < -0.39 is 0 Å². The first-order valence-corrected chi connectivity index (χ1v) is 4.82. The van der Waals surface area contributed by atoms with Gasteiger partial charge in [0.2, 0.25) is 5.89 Å². The highest BCUT2D eigenvalue weighted by molar-refractivity contribution is 5.76. The number of hydrogen-bond acceptors (Lipinski definition) is 6. The number of rotatable bonds is 3. The molecule has 0 bridgehead atoms. The summed E-state index contributed by atoms with van der Waals surface area (Å²) in [6, 6.07) is -0.145. The van der Waals surface area contributed by atoms with E-state index in [0.717, 1.165) is 13.0 Å². The number of carbonyl (C=O) groups is 1. The molecule has 0 aliphatic carbocycles. The maximum atomic E-state index is 11.3. The largest absolute Gasteiger partial charge is 0.468 e. The van der Waals surface area contributed by atoms with Gasteiger partial charge in [-0.25, -0.2) is 0 Å². The van der Waals surface area contributed by atoms with Gasteiger partial charge in [0.25, 0.3) is 0 Å². The van der Waals surface area contributed by atoms with Crippen LogP contribution in [0.5, 0.6) is 0 Å². The zero-order valence-electron chi connectivity index (χ0n) is 8.77. The molecule has 0 spiro atoms. The molecule has 6 heteroatoms. The van der Waals surface area contributed by atoms with Gasteiger partial charge >= 0.3 is 5.97 Å². The number of aryl methyl sites for hydroxylation is 1. The predicted molar refractivity (Wildman–Crippen MR) is 49.9 cm³/mol. The molecule has 1 aromatic rings. The smallest absolute Gasteiger partial charge is 0.323 e. The van der Waals surface area contributed by atoms with Gasteiger partial charge in [0.1, 0.15) is 6.04 Å². The Hall–Kier alpha value is -1.43. The Morgan fingerprint density at radius 3 is 3.00 bits per heavy atom. The zero-order chi connectivity index (χ0) is 10.8. The van der Waals surface area contributed by atoms with Crippen molar-refractivity contribution in [3.8, 4) is 0 Å². The molecule has 2 rings (SSSR count). The lowest BCUT2D eigenvalue weighted by Crippen LogP contribution is -2.52. The molecule has 82 valence electrons. The van der Waals surface area contributed by atoms with Gasteiger partial charge in [-0.15, -0.1) is 0 Å². The molecule has 0 radical (unpaired) electrons. The summed E-state index contributed by atoms with van der Waals surface area (Å²) >= 11 is 0. The summed E-state index contributed by atoms with van der Waals surface area (Å²) in [6.45, 7) is 3.15. The maximum Gasteiger partial charge on any atom is 0.323 e. The highest BCUT2D eigenvalue weighted by Gasteiger charge is 2.35. The van der Waals surface area contributed by atoms with Crippen LogP contribution in [0.3, 0.4) is 0 Å². The number of hydrogen-bond donors (Lipinski definition) is 0. The molecule has 1 unspecified atom stereocenters. The van der Waals surface area contributed by atoms with E-state index in [1.54, 1.807) is 6.92 Å². The highest BCUT2D eigenvalue weighted by Crippen LogP contribution is 2.20. The van der Waals surface area contributed by atoms with Crippen LogP contribution in [-0.4, -0.2) is 40.7 Å². The van der Waals surface area contributed by atoms with Crippen LogP contribution in [0.2, 0.25) is 0 Å². The van der Waals surface area contributed by atoms with E-state index >= 15 is 0 Å². The minimum atomic E-state index is -0.193. The van der Waals surface area contributed by atoms with E-state index in [-0.39, 0.29) is 12.0 Å². The minimum absolute atomic E-state index is 0.145. The van der Waals surface area contributed by atoms with Crippen molar-refractivity contribution in [2.24, 2.45) is 0 Å². The van der Waals surface area contributed by atoms with Crippen molar-refractivity contribution >= 4 is 5.97 Å². The molecule has 1 aliphatic heterocycles. The summed E-state index contributed by atoms with van der Waals surface area (Å²) in [6.07, 6.45) is 0.837. The van der Waals surface area contributed by atoms with Gasteiger partial charge in [-0.2, -0.15) is 4.98 Å². The molecular weight excluding hydrogens is 198 g/mol. The predicted octanol–water partition coefficient (Wildman–Crippen LogP) is 0.125. The normalized spacial score (nSPS) is 21.1. The van der Waals surface area contributed by atoms with Gasteiger partial charge in [-0.3, -0.25) is 9.69 Å². The quantitative estimate of drug-likeness (QED) is 0.662. The van der Waals surface area contributed by atoms with E-state index in [0.29, 0.717) is 18.3 Å². The SMILES string of the molecule is COC(=O)C1CCN1Cc1noc(C)n1. The van der Waals surface area contributed by atoms with E-state index in [2.05, 4.69) is 14.9 Å². The Kier molecular flexibility index (Phi) is 2.68. The van der Waals surface area contributed by atoms with Crippen molar-refractivity contribution in [1.29, 1.82) is 0 Å². The first-order chi connectivity index (χ1) is 7.20. The number of carbonyl (C=O) groups excluding carboxylic acids is 1. The van der Waals surface area contributed by atoms with Crippen LogP contribution in [0.4, 0.5) is 0 Å². The Bertz CT molecular complexity index is 363. The third kappa shape index (κ3) is 1.99. The molecule has 1 fully saturated rings. The zero-order valence-corrected chi connectivity index (χ0v) is 8.77. The summed E-state index contributed by atoms with van der Waals surface area (Å²) in [7, 11) is 1.40. The molecule has 1 aliphatic rings. The first-order valence-electron chi connectivity index (χ1n) is 4.82. The van der Waals surface area contributed by atoms with Crippen LogP contribution in [0.1, 0.15) is 18.1 Å². The highest BCUT2D eigenvalue weighted by atomic mass is 16.5. The summed E-state index contributed by atoms with van der Waals surface area (Å²) in [5.41, 5.74) is 0. The monoisotopic (exact) mass is 211 g/mol. The second kappa shape index (κ2) is 3.98. The fourth-order valence-electron chi connectivity index (χ4n) is 1.62. The Morgan fingerprint density at radius 2 is 2.53 bits per heavy atom. The molecule has 1 atom stereocenters. The average molecular weight is 211 g/mol. The number of ether oxygens (including phenoxy) is 1. The van der Waals surface area contributed by atoms with Gasteiger partial charge in [0, 0.05) is 13.5 Å². The number of nitrogens with zero attached hydrogens (tertiary/aromatic N) is 3. The number of aromatic nitrogens is 2. The van der Waals surface area contributed by atoms with Crippen LogP contribution in [0.25, 0.3) is 0 Å². The van der Waals surface area contributed by atoms with Crippen LogP contribution in [0, 0.1) is 6.92 Å². The van der Waals surface area contributed by atoms with Gasteiger partial charge < -0.3 is 9.26 Å². The third-order valence-electron chi connectivity index (χ3n) is 2.52. The second-order valence-corrected chi connectivity index (χ2v) is 3.53. The van der Waals surface area contributed by atoms with Gasteiger partial charge in [0.15, 0.2) is 5.82 Å². The van der Waals surface area contributed by atoms with Crippen LogP contribution >= 0.6 is 0 Å². The molecular formula is C9H13N3O3.